The number of aromatic nitrogens is 2. The van der Waals surface area contributed by atoms with Crippen LogP contribution in [0.4, 0.5) is 0 Å². The van der Waals surface area contributed by atoms with Crippen LogP contribution in [0.3, 0.4) is 0 Å². The van der Waals surface area contributed by atoms with Crippen molar-refractivity contribution in [3.8, 4) is 0 Å². The number of carbonyl (C=O) groups is 1. The number of pyridine rings is 1. The monoisotopic (exact) mass is 293 g/mol. The number of carbonyl (C=O) groups excluding carboxylic acids is 1. The van der Waals surface area contributed by atoms with Crippen molar-refractivity contribution in [1.29, 1.82) is 0 Å². The zero-order valence-corrected chi connectivity index (χ0v) is 12.8. The molecule has 0 aliphatic carbocycles. The van der Waals surface area contributed by atoms with Crippen LogP contribution >= 0.6 is 0 Å². The van der Waals surface area contributed by atoms with Gasteiger partial charge in [-0.1, -0.05) is 26.0 Å². The maximum absolute atomic E-state index is 12.2. The second-order valence-corrected chi connectivity index (χ2v) is 5.67. The zero-order chi connectivity index (χ0) is 15.5. The number of benzene rings is 1. The average molecular weight is 293 g/mol. The Kier molecular flexibility index (Phi) is 3.92. The summed E-state index contributed by atoms with van der Waals surface area (Å²) in [7, 11) is 0. The van der Waals surface area contributed by atoms with Crippen LogP contribution in [0.25, 0.3) is 11.0 Å². The number of aromatic amines is 1. The lowest BCUT2D eigenvalue weighted by Gasteiger charge is -2.08. The molecule has 2 heterocycles. The van der Waals surface area contributed by atoms with E-state index in [4.69, 9.17) is 0 Å². The van der Waals surface area contributed by atoms with Crippen LogP contribution < -0.4 is 5.32 Å². The molecule has 1 amide bonds. The predicted molar refractivity (Wildman–Crippen MR) is 87.8 cm³/mol. The van der Waals surface area contributed by atoms with Gasteiger partial charge < -0.3 is 10.3 Å². The lowest BCUT2D eigenvalue weighted by Crippen LogP contribution is -2.22. The third-order valence-corrected chi connectivity index (χ3v) is 3.83. The molecule has 4 nitrogen and oxygen atoms in total. The lowest BCUT2D eigenvalue weighted by molar-refractivity contribution is 0.0951. The molecular weight excluding hydrogens is 274 g/mol. The number of H-pyrrole nitrogens is 1. The second-order valence-electron chi connectivity index (χ2n) is 5.67. The average Bonchev–Trinajstić information content (AvgIpc) is 3.01. The third-order valence-electron chi connectivity index (χ3n) is 3.83. The summed E-state index contributed by atoms with van der Waals surface area (Å²) in [5, 5.41) is 4.01. The Hall–Kier alpha value is -2.62. The van der Waals surface area contributed by atoms with E-state index < -0.39 is 0 Å². The van der Waals surface area contributed by atoms with Gasteiger partial charge in [0.05, 0.1) is 0 Å². The summed E-state index contributed by atoms with van der Waals surface area (Å²) < 4.78 is 0. The van der Waals surface area contributed by atoms with E-state index >= 15 is 0 Å². The van der Waals surface area contributed by atoms with Gasteiger partial charge in [-0.3, -0.25) is 4.79 Å². The van der Waals surface area contributed by atoms with Crippen molar-refractivity contribution in [3.05, 3.63) is 65.5 Å². The predicted octanol–water partition coefficient (Wildman–Crippen LogP) is 3.62. The Morgan fingerprint density at radius 1 is 1.18 bits per heavy atom. The summed E-state index contributed by atoms with van der Waals surface area (Å²) in [6, 6.07) is 11.7. The van der Waals surface area contributed by atoms with Crippen molar-refractivity contribution < 1.29 is 4.79 Å². The van der Waals surface area contributed by atoms with Crippen molar-refractivity contribution in [2.24, 2.45) is 0 Å². The molecule has 3 rings (SSSR count). The van der Waals surface area contributed by atoms with Gasteiger partial charge in [-0.2, -0.15) is 0 Å². The summed E-state index contributed by atoms with van der Waals surface area (Å²) in [5.41, 5.74) is 3.81. The van der Waals surface area contributed by atoms with E-state index in [1.807, 2.05) is 42.6 Å². The van der Waals surface area contributed by atoms with Crippen molar-refractivity contribution in [2.45, 2.75) is 26.3 Å². The van der Waals surface area contributed by atoms with Gasteiger partial charge in [0.2, 0.25) is 0 Å². The molecule has 0 unspecified atom stereocenters. The highest BCUT2D eigenvalue weighted by atomic mass is 16.1. The van der Waals surface area contributed by atoms with Gasteiger partial charge in [0, 0.05) is 29.9 Å². The molecule has 2 N–H and O–H groups in total. The summed E-state index contributed by atoms with van der Waals surface area (Å²) >= 11 is 0. The molecule has 0 bridgehead atoms. The van der Waals surface area contributed by atoms with E-state index in [9.17, 15) is 4.79 Å². The van der Waals surface area contributed by atoms with Crippen LogP contribution in [0.2, 0.25) is 0 Å². The normalized spacial score (nSPS) is 11.0. The van der Waals surface area contributed by atoms with Crippen molar-refractivity contribution in [1.82, 2.24) is 15.3 Å². The van der Waals surface area contributed by atoms with Crippen molar-refractivity contribution in [2.75, 3.05) is 0 Å². The molecule has 4 heteroatoms. The Morgan fingerprint density at radius 3 is 2.68 bits per heavy atom. The smallest absolute Gasteiger partial charge is 0.251 e. The number of nitrogens with zero attached hydrogens (tertiary/aromatic N) is 1. The molecule has 1 aromatic carbocycles. The van der Waals surface area contributed by atoms with Gasteiger partial charge >= 0.3 is 0 Å². The molecule has 0 aliphatic heterocycles. The van der Waals surface area contributed by atoms with Crippen LogP contribution in [0.1, 0.15) is 41.3 Å². The molecular formula is C18H19N3O. The maximum atomic E-state index is 12.2. The fraction of sp³-hybridized carbons (Fsp3) is 0.222. The molecule has 0 fully saturated rings. The Balaban J connectivity index is 1.71. The number of hydrogen-bond acceptors (Lipinski definition) is 2. The Bertz CT molecular complexity index is 787. The first-order valence-electron chi connectivity index (χ1n) is 7.44. The number of nitrogens with one attached hydrogen (secondary N) is 2. The molecule has 0 radical (unpaired) electrons. The number of amides is 1. The minimum absolute atomic E-state index is 0.0594. The molecule has 0 aliphatic rings. The van der Waals surface area contributed by atoms with Gasteiger partial charge in [0.15, 0.2) is 0 Å². The largest absolute Gasteiger partial charge is 0.348 e. The first-order valence-corrected chi connectivity index (χ1v) is 7.44. The van der Waals surface area contributed by atoms with Crippen LogP contribution in [-0.2, 0) is 6.54 Å². The molecule has 2 aromatic heterocycles. The third kappa shape index (κ3) is 2.86. The molecule has 112 valence electrons. The lowest BCUT2D eigenvalue weighted by atomic mass is 10.0. The highest BCUT2D eigenvalue weighted by molar-refractivity contribution is 5.94. The van der Waals surface area contributed by atoms with E-state index in [0.29, 0.717) is 18.0 Å². The summed E-state index contributed by atoms with van der Waals surface area (Å²) in [6.07, 6.45) is 3.60. The highest BCUT2D eigenvalue weighted by Crippen LogP contribution is 2.16. The summed E-state index contributed by atoms with van der Waals surface area (Å²) in [6.45, 7) is 4.77. The van der Waals surface area contributed by atoms with E-state index in [-0.39, 0.29) is 5.91 Å². The molecule has 0 spiro atoms. The van der Waals surface area contributed by atoms with E-state index in [2.05, 4.69) is 29.1 Å². The number of hydrogen-bond donors (Lipinski definition) is 2. The highest BCUT2D eigenvalue weighted by Gasteiger charge is 2.08. The topological polar surface area (TPSA) is 57.8 Å². The van der Waals surface area contributed by atoms with Gasteiger partial charge in [-0.25, -0.2) is 4.98 Å². The molecule has 0 atom stereocenters. The van der Waals surface area contributed by atoms with Crippen molar-refractivity contribution in [3.63, 3.8) is 0 Å². The standard InChI is InChI=1S/C18H19N3O/c1-12(2)13-3-5-14(6-4-13)18(22)21-11-15-7-9-19-17-16(15)8-10-20-17/h3-10,12H,11H2,1-2H3,(H,19,20)(H,21,22). The van der Waals surface area contributed by atoms with E-state index in [1.165, 1.54) is 5.56 Å². The van der Waals surface area contributed by atoms with Crippen LogP contribution in [0.5, 0.6) is 0 Å². The first kappa shape index (κ1) is 14.3. The minimum atomic E-state index is -0.0594. The Labute approximate surface area is 129 Å². The summed E-state index contributed by atoms with van der Waals surface area (Å²) in [5.74, 6) is 0.409. The molecule has 0 saturated heterocycles. The van der Waals surface area contributed by atoms with Crippen LogP contribution in [0, 0.1) is 0 Å². The van der Waals surface area contributed by atoms with E-state index in [0.717, 1.165) is 16.6 Å². The minimum Gasteiger partial charge on any atom is -0.348 e. The number of rotatable bonds is 4. The quantitative estimate of drug-likeness (QED) is 0.772. The van der Waals surface area contributed by atoms with Gasteiger partial charge in [-0.15, -0.1) is 0 Å². The van der Waals surface area contributed by atoms with E-state index in [1.54, 1.807) is 6.20 Å². The van der Waals surface area contributed by atoms with Crippen molar-refractivity contribution >= 4 is 16.9 Å². The number of fused-ring (bicyclic) bond motifs is 1. The first-order chi connectivity index (χ1) is 10.6. The SMILES string of the molecule is CC(C)c1ccc(C(=O)NCc2ccnc3[nH]ccc23)cc1. The second kappa shape index (κ2) is 6.02. The molecule has 3 aromatic rings. The molecule has 0 saturated carbocycles. The van der Waals surface area contributed by atoms with Crippen LogP contribution in [0.15, 0.2) is 48.8 Å². The summed E-state index contributed by atoms with van der Waals surface area (Å²) in [4.78, 5) is 19.6. The van der Waals surface area contributed by atoms with Crippen LogP contribution in [-0.4, -0.2) is 15.9 Å². The van der Waals surface area contributed by atoms with Gasteiger partial charge in [0.25, 0.3) is 5.91 Å². The Morgan fingerprint density at radius 2 is 1.95 bits per heavy atom. The fourth-order valence-corrected chi connectivity index (χ4v) is 2.47. The van der Waals surface area contributed by atoms with Gasteiger partial charge in [-0.05, 0) is 41.3 Å². The van der Waals surface area contributed by atoms with Gasteiger partial charge in [0.1, 0.15) is 5.65 Å². The maximum Gasteiger partial charge on any atom is 0.251 e. The fourth-order valence-electron chi connectivity index (χ4n) is 2.47. The zero-order valence-electron chi connectivity index (χ0n) is 12.8. The molecule has 22 heavy (non-hydrogen) atoms.